The molecule has 1 fully saturated rings. The number of hydrogen-bond acceptors (Lipinski definition) is 5. The maximum Gasteiger partial charge on any atom is 0.245 e. The highest BCUT2D eigenvalue weighted by molar-refractivity contribution is 7.92. The Morgan fingerprint density at radius 1 is 1.00 bits per heavy atom. The van der Waals surface area contributed by atoms with E-state index in [1.54, 1.807) is 19.1 Å². The molecule has 1 heterocycles. The van der Waals surface area contributed by atoms with Gasteiger partial charge in [-0.3, -0.25) is 9.10 Å². The molecule has 2 aromatic rings. The van der Waals surface area contributed by atoms with E-state index >= 15 is 0 Å². The first kappa shape index (κ1) is 23.2. The van der Waals surface area contributed by atoms with Gasteiger partial charge in [-0.15, -0.1) is 0 Å². The molecular weight excluding hydrogens is 438 g/mol. The minimum atomic E-state index is -3.69. The molecule has 0 radical (unpaired) electrons. The summed E-state index contributed by atoms with van der Waals surface area (Å²) in [5.41, 5.74) is 2.53. The Hall–Kier alpha value is -2.43. The number of sulfonamides is 2. The van der Waals surface area contributed by atoms with Crippen LogP contribution in [0.25, 0.3) is 0 Å². The monoisotopic (exact) mass is 465 g/mol. The van der Waals surface area contributed by atoms with E-state index in [1.165, 1.54) is 28.6 Å². The number of anilines is 2. The van der Waals surface area contributed by atoms with Crippen molar-refractivity contribution in [1.82, 2.24) is 4.31 Å². The van der Waals surface area contributed by atoms with Crippen LogP contribution in [0.15, 0.2) is 47.4 Å². The van der Waals surface area contributed by atoms with Crippen molar-refractivity contribution >= 4 is 37.3 Å². The van der Waals surface area contributed by atoms with Gasteiger partial charge in [0.25, 0.3) is 0 Å². The van der Waals surface area contributed by atoms with Crippen molar-refractivity contribution in [2.75, 3.05) is 35.5 Å². The first-order chi connectivity index (χ1) is 14.5. The van der Waals surface area contributed by atoms with Crippen LogP contribution in [0.4, 0.5) is 11.4 Å². The van der Waals surface area contributed by atoms with Crippen molar-refractivity contribution in [3.8, 4) is 0 Å². The minimum absolute atomic E-state index is 0.167. The first-order valence-electron chi connectivity index (χ1n) is 9.94. The molecule has 0 atom stereocenters. The molecule has 3 rings (SSSR count). The molecule has 0 aliphatic carbocycles. The quantitative estimate of drug-likeness (QED) is 0.677. The Morgan fingerprint density at radius 2 is 1.61 bits per heavy atom. The molecule has 168 valence electrons. The van der Waals surface area contributed by atoms with Crippen molar-refractivity contribution in [2.24, 2.45) is 0 Å². The van der Waals surface area contributed by atoms with E-state index in [2.05, 4.69) is 5.32 Å². The Kier molecular flexibility index (Phi) is 6.73. The van der Waals surface area contributed by atoms with Crippen LogP contribution in [0.3, 0.4) is 0 Å². The number of carbonyl (C=O) groups is 1. The summed E-state index contributed by atoms with van der Waals surface area (Å²) >= 11 is 0. The molecule has 0 unspecified atom stereocenters. The summed E-state index contributed by atoms with van der Waals surface area (Å²) in [6.45, 7) is 4.31. The molecule has 1 N–H and O–H groups in total. The normalized spacial score (nSPS) is 15.1. The van der Waals surface area contributed by atoms with Gasteiger partial charge in [0.2, 0.25) is 26.0 Å². The topological polar surface area (TPSA) is 104 Å². The highest BCUT2D eigenvalue weighted by atomic mass is 32.2. The lowest BCUT2D eigenvalue weighted by atomic mass is 10.1. The predicted molar refractivity (Wildman–Crippen MR) is 121 cm³/mol. The van der Waals surface area contributed by atoms with E-state index in [9.17, 15) is 21.6 Å². The summed E-state index contributed by atoms with van der Waals surface area (Å²) in [4.78, 5) is 12.8. The van der Waals surface area contributed by atoms with Crippen LogP contribution in [0.5, 0.6) is 0 Å². The van der Waals surface area contributed by atoms with Gasteiger partial charge in [0, 0.05) is 18.8 Å². The van der Waals surface area contributed by atoms with Gasteiger partial charge in [-0.2, -0.15) is 4.31 Å². The second kappa shape index (κ2) is 8.97. The second-order valence-electron chi connectivity index (χ2n) is 7.67. The molecule has 10 heteroatoms. The zero-order valence-electron chi connectivity index (χ0n) is 17.8. The summed E-state index contributed by atoms with van der Waals surface area (Å²) in [5.74, 6) is -0.526. The number of benzene rings is 2. The molecule has 1 amide bonds. The molecular formula is C21H27N3O5S2. The van der Waals surface area contributed by atoms with Crippen LogP contribution in [-0.4, -0.2) is 52.9 Å². The summed E-state index contributed by atoms with van der Waals surface area (Å²) in [7, 11) is -7.23. The molecule has 1 aliphatic heterocycles. The van der Waals surface area contributed by atoms with Gasteiger partial charge in [0.05, 0.1) is 16.8 Å². The largest absolute Gasteiger partial charge is 0.325 e. The second-order valence-corrected chi connectivity index (χ2v) is 11.5. The van der Waals surface area contributed by atoms with E-state index < -0.39 is 32.5 Å². The molecule has 1 saturated heterocycles. The molecule has 0 bridgehead atoms. The lowest BCUT2D eigenvalue weighted by Crippen LogP contribution is -2.38. The van der Waals surface area contributed by atoms with Crippen molar-refractivity contribution in [2.45, 2.75) is 31.6 Å². The Morgan fingerprint density at radius 3 is 2.19 bits per heavy atom. The van der Waals surface area contributed by atoms with Crippen molar-refractivity contribution < 1.29 is 21.6 Å². The number of nitrogens with one attached hydrogen (secondary N) is 1. The number of aryl methyl sites for hydroxylation is 1. The molecule has 31 heavy (non-hydrogen) atoms. The lowest BCUT2D eigenvalue weighted by molar-refractivity contribution is -0.114. The van der Waals surface area contributed by atoms with Gasteiger partial charge in [-0.25, -0.2) is 16.8 Å². The summed E-state index contributed by atoms with van der Waals surface area (Å²) in [6, 6.07) is 11.2. The van der Waals surface area contributed by atoms with Crippen LogP contribution in [0.2, 0.25) is 0 Å². The minimum Gasteiger partial charge on any atom is -0.325 e. The Balaban J connectivity index is 1.75. The van der Waals surface area contributed by atoms with Gasteiger partial charge >= 0.3 is 0 Å². The summed E-state index contributed by atoms with van der Waals surface area (Å²) in [5, 5.41) is 2.64. The van der Waals surface area contributed by atoms with Crippen LogP contribution in [0, 0.1) is 13.8 Å². The van der Waals surface area contributed by atoms with Crippen LogP contribution in [0.1, 0.15) is 24.0 Å². The van der Waals surface area contributed by atoms with Crippen LogP contribution in [-0.2, 0) is 24.8 Å². The van der Waals surface area contributed by atoms with Gasteiger partial charge < -0.3 is 5.32 Å². The average molecular weight is 466 g/mol. The van der Waals surface area contributed by atoms with Crippen molar-refractivity contribution in [3.05, 3.63) is 53.6 Å². The molecule has 0 saturated carbocycles. The van der Waals surface area contributed by atoms with Gasteiger partial charge in [-0.05, 0) is 68.1 Å². The molecule has 8 nitrogen and oxygen atoms in total. The molecule has 0 spiro atoms. The van der Waals surface area contributed by atoms with Crippen molar-refractivity contribution in [3.63, 3.8) is 0 Å². The van der Waals surface area contributed by atoms with Crippen molar-refractivity contribution in [1.29, 1.82) is 0 Å². The standard InChI is InChI=1S/C21H27N3O5S2/c1-16-7-6-8-20(17(16)2)24(30(3,26)27)15-21(25)22-18-9-11-19(12-10-18)31(28,29)23-13-4-5-14-23/h6-12H,4-5,13-15H2,1-3H3,(H,22,25). The van der Waals surface area contributed by atoms with E-state index in [0.717, 1.165) is 34.5 Å². The molecule has 1 aliphatic rings. The Labute approximate surface area is 184 Å². The van der Waals surface area contributed by atoms with Crippen LogP contribution < -0.4 is 9.62 Å². The number of carbonyl (C=O) groups excluding carboxylic acids is 1. The third-order valence-corrected chi connectivity index (χ3v) is 8.41. The number of rotatable bonds is 7. The first-order valence-corrected chi connectivity index (χ1v) is 13.2. The average Bonchev–Trinajstić information content (AvgIpc) is 3.24. The van der Waals surface area contributed by atoms with Gasteiger partial charge in [0.1, 0.15) is 6.54 Å². The fourth-order valence-corrected chi connectivity index (χ4v) is 5.93. The highest BCUT2D eigenvalue weighted by Gasteiger charge is 2.27. The lowest BCUT2D eigenvalue weighted by Gasteiger charge is -2.24. The predicted octanol–water partition coefficient (Wildman–Crippen LogP) is 2.49. The highest BCUT2D eigenvalue weighted by Crippen LogP contribution is 2.25. The maximum atomic E-state index is 12.6. The smallest absolute Gasteiger partial charge is 0.245 e. The summed E-state index contributed by atoms with van der Waals surface area (Å²) in [6.07, 6.45) is 2.76. The van der Waals surface area contributed by atoms with E-state index in [1.807, 2.05) is 13.0 Å². The molecule has 0 aromatic heterocycles. The third kappa shape index (κ3) is 5.25. The van der Waals surface area contributed by atoms with Gasteiger partial charge in [-0.1, -0.05) is 12.1 Å². The zero-order valence-corrected chi connectivity index (χ0v) is 19.5. The number of amides is 1. The third-order valence-electron chi connectivity index (χ3n) is 5.37. The Bertz CT molecular complexity index is 1170. The van der Waals surface area contributed by atoms with E-state index in [-0.39, 0.29) is 4.90 Å². The summed E-state index contributed by atoms with van der Waals surface area (Å²) < 4.78 is 52.4. The fraction of sp³-hybridized carbons (Fsp3) is 0.381. The molecule has 2 aromatic carbocycles. The maximum absolute atomic E-state index is 12.6. The van der Waals surface area contributed by atoms with E-state index in [4.69, 9.17) is 0 Å². The van der Waals surface area contributed by atoms with E-state index in [0.29, 0.717) is 24.5 Å². The number of hydrogen-bond donors (Lipinski definition) is 1. The van der Waals surface area contributed by atoms with Crippen LogP contribution >= 0.6 is 0 Å². The SMILES string of the molecule is Cc1cccc(N(CC(=O)Nc2ccc(S(=O)(=O)N3CCCC3)cc2)S(C)(=O)=O)c1C. The zero-order chi connectivity index (χ0) is 22.8. The fourth-order valence-electron chi connectivity index (χ4n) is 3.51. The number of nitrogens with zero attached hydrogens (tertiary/aromatic N) is 2. The van der Waals surface area contributed by atoms with Gasteiger partial charge in [0.15, 0.2) is 0 Å².